The Balaban J connectivity index is 3.35. The van der Waals surface area contributed by atoms with Crippen LogP contribution in [0.15, 0.2) is 16.6 Å². The number of carbonyl (C=O) groups is 1. The van der Waals surface area contributed by atoms with Crippen molar-refractivity contribution in [3.63, 3.8) is 0 Å². The lowest BCUT2D eigenvalue weighted by Crippen LogP contribution is -2.14. The Hall–Kier alpha value is -0.900. The molecule has 0 saturated heterocycles. The molecule has 0 bridgehead atoms. The van der Waals surface area contributed by atoms with Gasteiger partial charge in [0, 0.05) is 10.0 Å². The van der Waals surface area contributed by atoms with E-state index in [2.05, 4.69) is 15.9 Å². The van der Waals surface area contributed by atoms with E-state index < -0.39 is 11.7 Å². The van der Waals surface area contributed by atoms with Gasteiger partial charge < -0.3 is 5.73 Å². The van der Waals surface area contributed by atoms with Crippen molar-refractivity contribution in [2.24, 2.45) is 5.73 Å². The number of benzene rings is 1. The molecule has 1 rings (SSSR count). The number of rotatable bonds is 2. The maximum absolute atomic E-state index is 13.5. The molecular formula is C9H9BrFNO. The van der Waals surface area contributed by atoms with Crippen LogP contribution in [0.4, 0.5) is 4.39 Å². The number of hydrogen-bond acceptors (Lipinski definition) is 1. The zero-order valence-corrected chi connectivity index (χ0v) is 8.69. The quantitative estimate of drug-likeness (QED) is 0.854. The third kappa shape index (κ3) is 1.88. The van der Waals surface area contributed by atoms with Gasteiger partial charge in [0.25, 0.3) is 5.91 Å². The van der Waals surface area contributed by atoms with Crippen LogP contribution in [-0.2, 0) is 6.42 Å². The van der Waals surface area contributed by atoms with E-state index in [-0.39, 0.29) is 5.56 Å². The minimum atomic E-state index is -0.736. The SMILES string of the molecule is CCc1c(Br)ccc(C(N)=O)c1F. The molecule has 0 aromatic heterocycles. The van der Waals surface area contributed by atoms with Crippen LogP contribution in [0.2, 0.25) is 0 Å². The van der Waals surface area contributed by atoms with Gasteiger partial charge in [-0.05, 0) is 18.6 Å². The predicted octanol–water partition coefficient (Wildman–Crippen LogP) is 2.25. The first kappa shape index (κ1) is 10.2. The molecule has 0 spiro atoms. The number of hydrogen-bond donors (Lipinski definition) is 1. The third-order valence-corrected chi connectivity index (χ3v) is 2.55. The van der Waals surface area contributed by atoms with E-state index in [4.69, 9.17) is 5.73 Å². The summed E-state index contributed by atoms with van der Waals surface area (Å²) >= 11 is 3.20. The zero-order valence-electron chi connectivity index (χ0n) is 7.10. The van der Waals surface area contributed by atoms with Gasteiger partial charge in [0.05, 0.1) is 5.56 Å². The van der Waals surface area contributed by atoms with Crippen LogP contribution in [-0.4, -0.2) is 5.91 Å². The van der Waals surface area contributed by atoms with Crippen LogP contribution in [0.25, 0.3) is 0 Å². The first-order chi connectivity index (χ1) is 6.07. The van der Waals surface area contributed by atoms with Crippen molar-refractivity contribution in [2.75, 3.05) is 0 Å². The van der Waals surface area contributed by atoms with Crippen molar-refractivity contribution in [2.45, 2.75) is 13.3 Å². The maximum atomic E-state index is 13.5. The highest BCUT2D eigenvalue weighted by molar-refractivity contribution is 9.10. The first-order valence-corrected chi connectivity index (χ1v) is 4.64. The van der Waals surface area contributed by atoms with Gasteiger partial charge in [-0.3, -0.25) is 4.79 Å². The highest BCUT2D eigenvalue weighted by Crippen LogP contribution is 2.22. The van der Waals surface area contributed by atoms with E-state index >= 15 is 0 Å². The number of primary amides is 1. The smallest absolute Gasteiger partial charge is 0.251 e. The Morgan fingerprint density at radius 2 is 2.23 bits per heavy atom. The van der Waals surface area contributed by atoms with Gasteiger partial charge >= 0.3 is 0 Å². The van der Waals surface area contributed by atoms with E-state index in [9.17, 15) is 9.18 Å². The van der Waals surface area contributed by atoms with Crippen LogP contribution < -0.4 is 5.73 Å². The number of carbonyl (C=O) groups excluding carboxylic acids is 1. The number of amides is 1. The predicted molar refractivity (Wildman–Crippen MR) is 52.0 cm³/mol. The average molecular weight is 246 g/mol. The van der Waals surface area contributed by atoms with Gasteiger partial charge in [-0.25, -0.2) is 4.39 Å². The molecule has 0 heterocycles. The van der Waals surface area contributed by atoms with Gasteiger partial charge in [-0.1, -0.05) is 22.9 Å². The van der Waals surface area contributed by atoms with E-state index in [1.165, 1.54) is 6.07 Å². The molecule has 70 valence electrons. The molecule has 0 atom stereocenters. The van der Waals surface area contributed by atoms with Crippen LogP contribution in [0.3, 0.4) is 0 Å². The molecule has 2 nitrogen and oxygen atoms in total. The van der Waals surface area contributed by atoms with Crippen molar-refractivity contribution >= 4 is 21.8 Å². The van der Waals surface area contributed by atoms with Gasteiger partial charge in [-0.15, -0.1) is 0 Å². The molecule has 4 heteroatoms. The Labute approximate surface area is 84.1 Å². The Morgan fingerprint density at radius 1 is 1.62 bits per heavy atom. The summed E-state index contributed by atoms with van der Waals surface area (Å²) in [5.41, 5.74) is 5.42. The van der Waals surface area contributed by atoms with Crippen LogP contribution >= 0.6 is 15.9 Å². The summed E-state index contributed by atoms with van der Waals surface area (Å²) in [5.74, 6) is -1.26. The fraction of sp³-hybridized carbons (Fsp3) is 0.222. The normalized spacial score (nSPS) is 10.1. The molecule has 2 N–H and O–H groups in total. The molecule has 0 aliphatic heterocycles. The molecule has 13 heavy (non-hydrogen) atoms. The molecule has 0 aliphatic carbocycles. The van der Waals surface area contributed by atoms with Crippen molar-refractivity contribution in [1.29, 1.82) is 0 Å². The summed E-state index contributed by atoms with van der Waals surface area (Å²) in [6, 6.07) is 3.00. The summed E-state index contributed by atoms with van der Waals surface area (Å²) in [6.07, 6.45) is 0.521. The molecular weight excluding hydrogens is 237 g/mol. The summed E-state index contributed by atoms with van der Waals surface area (Å²) < 4.78 is 14.1. The second kappa shape index (κ2) is 3.87. The largest absolute Gasteiger partial charge is 0.366 e. The lowest BCUT2D eigenvalue weighted by Gasteiger charge is -2.05. The van der Waals surface area contributed by atoms with Crippen molar-refractivity contribution in [3.8, 4) is 0 Å². The number of nitrogens with two attached hydrogens (primary N) is 1. The molecule has 0 aliphatic rings. The zero-order chi connectivity index (χ0) is 10.0. The monoisotopic (exact) mass is 245 g/mol. The summed E-state index contributed by atoms with van der Waals surface area (Å²) in [6.45, 7) is 1.81. The van der Waals surface area contributed by atoms with Gasteiger partial charge in [0.2, 0.25) is 0 Å². The second-order valence-electron chi connectivity index (χ2n) is 2.61. The van der Waals surface area contributed by atoms with Crippen molar-refractivity contribution < 1.29 is 9.18 Å². The lowest BCUT2D eigenvalue weighted by atomic mass is 10.1. The fourth-order valence-electron chi connectivity index (χ4n) is 1.11. The van der Waals surface area contributed by atoms with Crippen LogP contribution in [0.5, 0.6) is 0 Å². The summed E-state index contributed by atoms with van der Waals surface area (Å²) in [7, 11) is 0. The van der Waals surface area contributed by atoms with Gasteiger partial charge in [-0.2, -0.15) is 0 Å². The highest BCUT2D eigenvalue weighted by atomic mass is 79.9. The number of halogens is 2. The fourth-order valence-corrected chi connectivity index (χ4v) is 1.70. The molecule has 1 amide bonds. The average Bonchev–Trinajstić information content (AvgIpc) is 2.04. The van der Waals surface area contributed by atoms with Crippen LogP contribution in [0, 0.1) is 5.82 Å². The second-order valence-corrected chi connectivity index (χ2v) is 3.46. The molecule has 0 fully saturated rings. The molecule has 1 aromatic carbocycles. The Kier molecular flexibility index (Phi) is 3.03. The topological polar surface area (TPSA) is 43.1 Å². The third-order valence-electron chi connectivity index (χ3n) is 1.81. The molecule has 0 saturated carbocycles. The molecule has 0 radical (unpaired) electrons. The van der Waals surface area contributed by atoms with Gasteiger partial charge in [0.1, 0.15) is 5.82 Å². The van der Waals surface area contributed by atoms with Crippen molar-refractivity contribution in [1.82, 2.24) is 0 Å². The standard InChI is InChI=1S/C9H9BrFNO/c1-2-5-7(10)4-3-6(8(5)11)9(12)13/h3-4H,2H2,1H3,(H2,12,13). The van der Waals surface area contributed by atoms with E-state index in [1.807, 2.05) is 6.92 Å². The summed E-state index contributed by atoms with van der Waals surface area (Å²) in [5, 5.41) is 0. The Morgan fingerprint density at radius 3 is 2.69 bits per heavy atom. The lowest BCUT2D eigenvalue weighted by molar-refractivity contribution is 0.0996. The Bertz CT molecular complexity index is 352. The maximum Gasteiger partial charge on any atom is 0.251 e. The van der Waals surface area contributed by atoms with Crippen molar-refractivity contribution in [3.05, 3.63) is 33.5 Å². The van der Waals surface area contributed by atoms with Crippen LogP contribution in [0.1, 0.15) is 22.8 Å². The van der Waals surface area contributed by atoms with E-state index in [0.717, 1.165) is 0 Å². The highest BCUT2D eigenvalue weighted by Gasteiger charge is 2.13. The molecule has 1 aromatic rings. The molecule has 0 unspecified atom stereocenters. The van der Waals surface area contributed by atoms with E-state index in [0.29, 0.717) is 16.5 Å². The first-order valence-electron chi connectivity index (χ1n) is 3.84. The summed E-state index contributed by atoms with van der Waals surface area (Å²) in [4.78, 5) is 10.8. The minimum Gasteiger partial charge on any atom is -0.366 e. The minimum absolute atomic E-state index is 0.0555. The van der Waals surface area contributed by atoms with Gasteiger partial charge in [0.15, 0.2) is 0 Å². The van der Waals surface area contributed by atoms with E-state index in [1.54, 1.807) is 6.07 Å².